The number of hydrogen-bond donors (Lipinski definition) is 2. The van der Waals surface area contributed by atoms with E-state index < -0.39 is 11.6 Å². The second-order valence-electron chi connectivity index (χ2n) is 5.22. The molecule has 6 heteroatoms. The predicted octanol–water partition coefficient (Wildman–Crippen LogP) is 2.73. The summed E-state index contributed by atoms with van der Waals surface area (Å²) in [4.78, 5) is 11.5. The van der Waals surface area contributed by atoms with Crippen LogP contribution in [-0.4, -0.2) is 18.0 Å². The van der Waals surface area contributed by atoms with Crippen molar-refractivity contribution in [2.75, 3.05) is 6.54 Å². The highest BCUT2D eigenvalue weighted by Crippen LogP contribution is 2.21. The highest BCUT2D eigenvalue weighted by Gasteiger charge is 2.15. The van der Waals surface area contributed by atoms with E-state index in [1.165, 1.54) is 12.1 Å². The van der Waals surface area contributed by atoms with Crippen LogP contribution in [0.4, 0.5) is 8.78 Å². The van der Waals surface area contributed by atoms with Crippen LogP contribution >= 0.6 is 15.9 Å². The molecule has 2 N–H and O–H groups in total. The first-order valence-electron chi connectivity index (χ1n) is 5.85. The van der Waals surface area contributed by atoms with Crippen molar-refractivity contribution < 1.29 is 13.6 Å². The molecule has 0 unspecified atom stereocenters. The van der Waals surface area contributed by atoms with Gasteiger partial charge in [-0.1, -0.05) is 0 Å². The number of carbonyl (C=O) groups is 1. The van der Waals surface area contributed by atoms with Gasteiger partial charge in [0.25, 0.3) is 0 Å². The van der Waals surface area contributed by atoms with Gasteiger partial charge in [0, 0.05) is 17.6 Å². The fraction of sp³-hybridized carbons (Fsp3) is 0.462. The van der Waals surface area contributed by atoms with Crippen LogP contribution in [0.2, 0.25) is 0 Å². The summed E-state index contributed by atoms with van der Waals surface area (Å²) in [6.07, 6.45) is 0. The maximum atomic E-state index is 13.6. The van der Waals surface area contributed by atoms with E-state index >= 15 is 0 Å². The lowest BCUT2D eigenvalue weighted by Gasteiger charge is -2.20. The average molecular weight is 335 g/mol. The molecular weight excluding hydrogens is 318 g/mol. The molecule has 0 radical (unpaired) electrons. The summed E-state index contributed by atoms with van der Waals surface area (Å²) in [6, 6.07) is 2.49. The summed E-state index contributed by atoms with van der Waals surface area (Å²) >= 11 is 2.99. The molecule has 1 rings (SSSR count). The first-order chi connectivity index (χ1) is 8.70. The monoisotopic (exact) mass is 334 g/mol. The van der Waals surface area contributed by atoms with Gasteiger partial charge in [-0.3, -0.25) is 4.79 Å². The van der Waals surface area contributed by atoms with Crippen LogP contribution in [0.1, 0.15) is 26.3 Å². The summed E-state index contributed by atoms with van der Waals surface area (Å²) in [6.45, 7) is 5.53. The molecule has 0 aliphatic rings. The lowest BCUT2D eigenvalue weighted by atomic mass is 10.1. The molecule has 0 saturated carbocycles. The molecule has 1 amide bonds. The minimum absolute atomic E-state index is 0.00264. The zero-order valence-corrected chi connectivity index (χ0v) is 12.7. The first-order valence-corrected chi connectivity index (χ1v) is 6.64. The highest BCUT2D eigenvalue weighted by molar-refractivity contribution is 9.10. The molecule has 19 heavy (non-hydrogen) atoms. The molecule has 0 aromatic heterocycles. The van der Waals surface area contributed by atoms with Crippen molar-refractivity contribution in [1.82, 2.24) is 10.6 Å². The summed E-state index contributed by atoms with van der Waals surface area (Å²) in [5.41, 5.74) is -0.414. The molecular formula is C13H17BrF2N2O. The zero-order valence-electron chi connectivity index (χ0n) is 11.1. The minimum Gasteiger partial charge on any atom is -0.350 e. The Hall–Kier alpha value is -1.01. The number of amides is 1. The molecule has 0 atom stereocenters. The van der Waals surface area contributed by atoms with Crippen LogP contribution in [0.15, 0.2) is 16.6 Å². The Morgan fingerprint density at radius 1 is 1.32 bits per heavy atom. The van der Waals surface area contributed by atoms with E-state index in [9.17, 15) is 13.6 Å². The molecule has 106 valence electrons. The Morgan fingerprint density at radius 3 is 2.53 bits per heavy atom. The molecule has 1 aromatic carbocycles. The van der Waals surface area contributed by atoms with Gasteiger partial charge in [-0.2, -0.15) is 0 Å². The normalized spacial score (nSPS) is 11.5. The summed E-state index contributed by atoms with van der Waals surface area (Å²) in [5, 5.41) is 5.47. The Kier molecular flexibility index (Phi) is 5.43. The molecule has 0 heterocycles. The molecule has 0 fully saturated rings. The van der Waals surface area contributed by atoms with E-state index in [1.807, 2.05) is 20.8 Å². The molecule has 0 aliphatic heterocycles. The topological polar surface area (TPSA) is 41.1 Å². The van der Waals surface area contributed by atoms with Gasteiger partial charge in [0.1, 0.15) is 11.6 Å². The largest absolute Gasteiger partial charge is 0.350 e. The Balaban J connectivity index is 2.55. The first kappa shape index (κ1) is 16.0. The van der Waals surface area contributed by atoms with E-state index in [-0.39, 0.29) is 34.6 Å². The number of nitrogens with one attached hydrogen (secondary N) is 2. The predicted molar refractivity (Wildman–Crippen MR) is 73.7 cm³/mol. The minimum atomic E-state index is -0.649. The maximum absolute atomic E-state index is 13.6. The molecule has 0 spiro atoms. The SMILES string of the molecule is CC(C)(C)NC(=O)CNCc1c(F)ccc(Br)c1F. The summed E-state index contributed by atoms with van der Waals surface area (Å²) in [7, 11) is 0. The molecule has 0 saturated heterocycles. The summed E-state index contributed by atoms with van der Waals surface area (Å²) in [5.74, 6) is -1.50. The van der Waals surface area contributed by atoms with E-state index in [4.69, 9.17) is 0 Å². The Bertz CT molecular complexity index is 472. The third-order valence-electron chi connectivity index (χ3n) is 2.24. The van der Waals surface area contributed by atoms with Crippen molar-refractivity contribution in [3.63, 3.8) is 0 Å². The highest BCUT2D eigenvalue weighted by atomic mass is 79.9. The molecule has 1 aromatic rings. The molecule has 3 nitrogen and oxygen atoms in total. The quantitative estimate of drug-likeness (QED) is 0.831. The van der Waals surface area contributed by atoms with Gasteiger partial charge in [0.05, 0.1) is 11.0 Å². The van der Waals surface area contributed by atoms with Crippen LogP contribution in [0, 0.1) is 11.6 Å². The lowest BCUT2D eigenvalue weighted by Crippen LogP contribution is -2.44. The van der Waals surface area contributed by atoms with Crippen molar-refractivity contribution in [2.45, 2.75) is 32.9 Å². The van der Waals surface area contributed by atoms with E-state index in [0.717, 1.165) is 0 Å². The lowest BCUT2D eigenvalue weighted by molar-refractivity contribution is -0.121. The van der Waals surface area contributed by atoms with E-state index in [0.29, 0.717) is 0 Å². The van der Waals surface area contributed by atoms with Crippen molar-refractivity contribution in [3.8, 4) is 0 Å². The van der Waals surface area contributed by atoms with Gasteiger partial charge >= 0.3 is 0 Å². The van der Waals surface area contributed by atoms with Crippen molar-refractivity contribution in [1.29, 1.82) is 0 Å². The number of benzene rings is 1. The van der Waals surface area contributed by atoms with Gasteiger partial charge in [-0.25, -0.2) is 8.78 Å². The van der Waals surface area contributed by atoms with Crippen LogP contribution in [0.3, 0.4) is 0 Å². The van der Waals surface area contributed by atoms with Crippen molar-refractivity contribution in [2.24, 2.45) is 0 Å². The Morgan fingerprint density at radius 2 is 1.95 bits per heavy atom. The fourth-order valence-electron chi connectivity index (χ4n) is 1.49. The van der Waals surface area contributed by atoms with Crippen LogP contribution < -0.4 is 10.6 Å². The summed E-state index contributed by atoms with van der Waals surface area (Å²) < 4.78 is 27.3. The van der Waals surface area contributed by atoms with Crippen LogP contribution in [0.5, 0.6) is 0 Å². The number of carbonyl (C=O) groups excluding carboxylic acids is 1. The van der Waals surface area contributed by atoms with Gasteiger partial charge < -0.3 is 10.6 Å². The van der Waals surface area contributed by atoms with Gasteiger partial charge in [-0.15, -0.1) is 0 Å². The van der Waals surface area contributed by atoms with Crippen LogP contribution in [0.25, 0.3) is 0 Å². The van der Waals surface area contributed by atoms with Gasteiger partial charge in [-0.05, 0) is 48.8 Å². The van der Waals surface area contributed by atoms with Gasteiger partial charge in [0.15, 0.2) is 0 Å². The standard InChI is InChI=1S/C13H17BrF2N2O/c1-13(2,3)18-11(19)7-17-6-8-10(15)5-4-9(14)12(8)16/h4-5,17H,6-7H2,1-3H3,(H,18,19). The fourth-order valence-corrected chi connectivity index (χ4v) is 1.87. The van der Waals surface area contributed by atoms with Crippen molar-refractivity contribution >= 4 is 21.8 Å². The Labute approximate surface area is 119 Å². The maximum Gasteiger partial charge on any atom is 0.234 e. The number of halogens is 3. The number of hydrogen-bond acceptors (Lipinski definition) is 2. The van der Waals surface area contributed by atoms with E-state index in [2.05, 4.69) is 26.6 Å². The molecule has 0 aliphatic carbocycles. The van der Waals surface area contributed by atoms with Crippen LogP contribution in [-0.2, 0) is 11.3 Å². The third-order valence-corrected chi connectivity index (χ3v) is 2.85. The second kappa shape index (κ2) is 6.43. The molecule has 0 bridgehead atoms. The van der Waals surface area contributed by atoms with Crippen molar-refractivity contribution in [3.05, 3.63) is 33.8 Å². The third kappa shape index (κ3) is 5.24. The zero-order chi connectivity index (χ0) is 14.6. The average Bonchev–Trinajstić information content (AvgIpc) is 2.26. The second-order valence-corrected chi connectivity index (χ2v) is 6.08. The van der Waals surface area contributed by atoms with E-state index in [1.54, 1.807) is 0 Å². The van der Waals surface area contributed by atoms with Gasteiger partial charge in [0.2, 0.25) is 5.91 Å². The number of rotatable bonds is 4. The smallest absolute Gasteiger partial charge is 0.234 e.